The van der Waals surface area contributed by atoms with Crippen LogP contribution in [-0.2, 0) is 9.59 Å². The Balaban J connectivity index is 0.851. The van der Waals surface area contributed by atoms with Crippen LogP contribution in [0.1, 0.15) is 23.8 Å². The van der Waals surface area contributed by atoms with Crippen molar-refractivity contribution >= 4 is 80.9 Å². The Labute approximate surface area is 465 Å². The Hall–Kier alpha value is -9.25. The molecule has 9 aromatic rings. The van der Waals surface area contributed by atoms with Crippen molar-refractivity contribution in [3.63, 3.8) is 0 Å². The number of anilines is 2. The number of amides is 2. The second kappa shape index (κ2) is 18.4. The number of para-hydroxylation sites is 2. The first-order chi connectivity index (χ1) is 39.3. The van der Waals surface area contributed by atoms with Gasteiger partial charge in [-0.05, 0) is 89.5 Å². The van der Waals surface area contributed by atoms with Crippen LogP contribution in [0.5, 0.6) is 34.5 Å². The molecule has 18 nitrogen and oxygen atoms in total. The quantitative estimate of drug-likeness (QED) is 0.109. The molecule has 3 unspecified atom stereocenters. The molecule has 16 rings (SSSR count). The summed E-state index contributed by atoms with van der Waals surface area (Å²) < 4.78 is 62.8. The predicted octanol–water partition coefficient (Wildman–Crippen LogP) is 11.1. The topological polar surface area (TPSA) is 209 Å². The molecule has 4 aromatic heterocycles. The molecule has 0 spiro atoms. The lowest BCUT2D eigenvalue weighted by Gasteiger charge is -2.36. The Morgan fingerprint density at radius 3 is 2.41 bits per heavy atom. The number of pyridine rings is 2. The maximum atomic E-state index is 18.3. The van der Waals surface area contributed by atoms with Crippen molar-refractivity contribution in [1.29, 1.82) is 0 Å². The van der Waals surface area contributed by atoms with E-state index in [2.05, 4.69) is 20.3 Å². The highest BCUT2D eigenvalue weighted by atomic mass is 32.2. The van der Waals surface area contributed by atoms with Gasteiger partial charge in [0.25, 0.3) is 6.29 Å². The number of ether oxygens (including phenoxy) is 6. The second-order valence-corrected chi connectivity index (χ2v) is 22.1. The zero-order valence-electron chi connectivity index (χ0n) is 41.3. The highest BCUT2D eigenvalue weighted by Gasteiger charge is 2.42. The normalized spacial score (nSPS) is 19.1. The highest BCUT2D eigenvalue weighted by Crippen LogP contribution is 2.53. The predicted molar refractivity (Wildman–Crippen MR) is 299 cm³/mol. The first-order valence-electron chi connectivity index (χ1n) is 25.3. The van der Waals surface area contributed by atoms with E-state index in [4.69, 9.17) is 53.3 Å². The maximum Gasteiger partial charge on any atom is 0.268 e. The van der Waals surface area contributed by atoms with E-state index in [1.165, 1.54) is 35.7 Å². The number of rotatable bonds is 7. The van der Waals surface area contributed by atoms with Gasteiger partial charge in [-0.25, -0.2) is 19.3 Å². The first-order valence-corrected chi connectivity index (χ1v) is 28.0. The van der Waals surface area contributed by atoms with Crippen LogP contribution in [0.25, 0.3) is 66.8 Å². The fourth-order valence-electron chi connectivity index (χ4n) is 10.6. The van der Waals surface area contributed by atoms with Crippen molar-refractivity contribution in [2.75, 3.05) is 35.4 Å². The van der Waals surface area contributed by atoms with Gasteiger partial charge in [-0.15, -0.1) is 11.8 Å². The average Bonchev–Trinajstić information content (AvgIpc) is 4.43. The number of halogens is 1. The van der Waals surface area contributed by atoms with Gasteiger partial charge in [0.05, 0.1) is 74.7 Å². The molecule has 4 N–H and O–H groups in total. The SMILES string of the molecule is O=C1CSc2ccc(C3Oc4ccc(-c5cc6[nH]c(C7Oc8c(-c9cnc%10c(c9)NC(=O)CS%10)ncc(-c9cnc%10ccccc%10n9)c8OC7C7=CC8=CNSN8C=C7)nc6c(F)c5-c5ccc6c(c5)OCCO6)cc4O3)cc2N1. The molecule has 11 heterocycles. The van der Waals surface area contributed by atoms with Crippen LogP contribution < -0.4 is 43.8 Å². The number of nitrogens with one attached hydrogen (secondary N) is 4. The minimum absolute atomic E-state index is 0.0457. The van der Waals surface area contributed by atoms with Crippen LogP contribution in [0.2, 0.25) is 0 Å². The van der Waals surface area contributed by atoms with Gasteiger partial charge in [-0.2, -0.15) is 0 Å². The third kappa shape index (κ3) is 7.91. The largest absolute Gasteiger partial charge is 0.486 e. The highest BCUT2D eigenvalue weighted by molar-refractivity contribution is 8.00. The average molecular weight is 1120 g/mol. The van der Waals surface area contributed by atoms with E-state index in [0.717, 1.165) is 16.2 Å². The van der Waals surface area contributed by atoms with Crippen LogP contribution in [0, 0.1) is 5.82 Å². The Morgan fingerprint density at radius 2 is 1.49 bits per heavy atom. The molecule has 5 aromatic carbocycles. The molecule has 0 radical (unpaired) electrons. The van der Waals surface area contributed by atoms with Gasteiger partial charge >= 0.3 is 0 Å². The molecule has 7 aliphatic heterocycles. The van der Waals surface area contributed by atoms with Gasteiger partial charge in [0, 0.05) is 52.0 Å². The summed E-state index contributed by atoms with van der Waals surface area (Å²) in [5.74, 6) is 2.57. The maximum absolute atomic E-state index is 18.3. The zero-order chi connectivity index (χ0) is 53.2. The molecule has 0 fully saturated rings. The number of allylic oxidation sites excluding steroid dienone is 1. The molecule has 22 heteroatoms. The molecule has 7 aliphatic rings. The molecule has 392 valence electrons. The number of benzene rings is 5. The van der Waals surface area contributed by atoms with E-state index >= 15 is 4.39 Å². The fraction of sp³-hybridized carbons (Fsp3) is 0.121. The van der Waals surface area contributed by atoms with Crippen molar-refractivity contribution in [3.8, 4) is 79.3 Å². The lowest BCUT2D eigenvalue weighted by molar-refractivity contribution is -0.114. The van der Waals surface area contributed by atoms with E-state index in [1.807, 2.05) is 95.6 Å². The number of hydrogen-bond donors (Lipinski definition) is 4. The van der Waals surface area contributed by atoms with Gasteiger partial charge in [-0.3, -0.25) is 23.9 Å². The van der Waals surface area contributed by atoms with Crippen molar-refractivity contribution in [1.82, 2.24) is 38.9 Å². The number of carbonyl (C=O) groups is 2. The van der Waals surface area contributed by atoms with E-state index in [0.29, 0.717) is 125 Å². The van der Waals surface area contributed by atoms with Crippen LogP contribution >= 0.6 is 35.7 Å². The number of H-pyrrole nitrogens is 1. The minimum atomic E-state index is -1.06. The summed E-state index contributed by atoms with van der Waals surface area (Å²) in [6.07, 6.45) is 10.0. The summed E-state index contributed by atoms with van der Waals surface area (Å²) in [5, 5.41) is 6.56. The number of aromatic amines is 1. The molecule has 0 bridgehead atoms. The fourth-order valence-corrected chi connectivity index (χ4v) is 12.8. The number of aromatic nitrogens is 6. The zero-order valence-corrected chi connectivity index (χ0v) is 43.8. The van der Waals surface area contributed by atoms with Gasteiger partial charge in [-0.1, -0.05) is 42.1 Å². The lowest BCUT2D eigenvalue weighted by atomic mass is 9.92. The summed E-state index contributed by atoms with van der Waals surface area (Å²) >= 11 is 4.24. The Bertz CT molecular complexity index is 4310. The van der Waals surface area contributed by atoms with E-state index < -0.39 is 24.3 Å². The Morgan fingerprint density at radius 1 is 0.675 bits per heavy atom. The molecule has 0 aliphatic carbocycles. The number of nitrogens with zero attached hydrogens (tertiary/aromatic N) is 6. The van der Waals surface area contributed by atoms with Gasteiger partial charge in [0.2, 0.25) is 11.8 Å². The van der Waals surface area contributed by atoms with E-state index in [-0.39, 0.29) is 40.2 Å². The third-order valence-corrected chi connectivity index (χ3v) is 17.2. The van der Waals surface area contributed by atoms with E-state index in [1.54, 1.807) is 42.9 Å². The number of imidazole rings is 1. The molecule has 0 saturated carbocycles. The monoisotopic (exact) mass is 1120 g/mol. The summed E-state index contributed by atoms with van der Waals surface area (Å²) in [6, 6.07) is 27.8. The van der Waals surface area contributed by atoms with Crippen LogP contribution in [-0.4, -0.2) is 76.8 Å². The standard InChI is InChI=1S/C58H37FN10O8S3/c59-49-48(28-6-8-41-43(19-28)73-14-13-72-41)33(27-5-9-42-44(18-27)75-58(74-42)30-7-10-45-37(16-30)65-46(70)25-78-45)20-38-51(49)68-56(67-38)55-52(29-11-12-69-32(15-29)22-63-80-69)76-53-34(40-24-60-35-3-1-2-4-36(35)64-40)23-61-50(54(53)77-55)31-17-39-57(62-21-31)79-26-47(71)66-39/h1-12,15-24,52,55,58,63H,13-14,25-26H2,(H,65,70)(H,66,71)(H,67,68). The number of carbonyl (C=O) groups excluding carboxylic acids is 2. The van der Waals surface area contributed by atoms with Crippen LogP contribution in [0.15, 0.2) is 155 Å². The summed E-state index contributed by atoms with van der Waals surface area (Å²) in [7, 11) is 0. The minimum Gasteiger partial charge on any atom is -0.486 e. The molecule has 80 heavy (non-hydrogen) atoms. The molecule has 2 amide bonds. The third-order valence-electron chi connectivity index (χ3n) is 14.3. The van der Waals surface area contributed by atoms with Crippen LogP contribution in [0.4, 0.5) is 15.8 Å². The van der Waals surface area contributed by atoms with Gasteiger partial charge in [0.15, 0.2) is 58.3 Å². The number of thioether (sulfide) groups is 2. The summed E-state index contributed by atoms with van der Waals surface area (Å²) in [4.78, 5) is 53.9. The molecule has 0 saturated heterocycles. The summed E-state index contributed by atoms with van der Waals surface area (Å²) in [5.41, 5.74) is 9.17. The summed E-state index contributed by atoms with van der Waals surface area (Å²) in [6.45, 7) is 0.726. The number of hydrogen-bond acceptors (Lipinski definition) is 18. The van der Waals surface area contributed by atoms with Crippen molar-refractivity contribution in [3.05, 3.63) is 163 Å². The molecule has 3 atom stereocenters. The second-order valence-electron chi connectivity index (χ2n) is 19.3. The number of fused-ring (bicyclic) bond motifs is 8. The lowest BCUT2D eigenvalue weighted by Crippen LogP contribution is -2.36. The van der Waals surface area contributed by atoms with Crippen molar-refractivity contribution in [2.45, 2.75) is 28.4 Å². The van der Waals surface area contributed by atoms with Crippen LogP contribution in [0.3, 0.4) is 0 Å². The van der Waals surface area contributed by atoms with Gasteiger partial charge < -0.3 is 48.8 Å². The van der Waals surface area contributed by atoms with E-state index in [9.17, 15) is 9.59 Å². The molecular formula is C58H37FN10O8S3. The van der Waals surface area contributed by atoms with Crippen molar-refractivity contribution in [2.24, 2.45) is 0 Å². The molecular weight excluding hydrogens is 1080 g/mol. The smallest absolute Gasteiger partial charge is 0.268 e. The Kier molecular flexibility index (Phi) is 10.8. The van der Waals surface area contributed by atoms with Crippen molar-refractivity contribution < 1.29 is 42.4 Å². The van der Waals surface area contributed by atoms with Gasteiger partial charge in [0.1, 0.15) is 29.5 Å². The first kappa shape index (κ1) is 46.8.